The third kappa shape index (κ3) is 5.20. The van der Waals surface area contributed by atoms with E-state index in [-0.39, 0.29) is 12.4 Å². The summed E-state index contributed by atoms with van der Waals surface area (Å²) in [5.41, 5.74) is 0.164. The maximum absolute atomic E-state index is 14.2. The number of aryl methyl sites for hydroxylation is 1. The van der Waals surface area contributed by atoms with E-state index in [0.29, 0.717) is 11.1 Å². The quantitative estimate of drug-likeness (QED) is 0.617. The highest BCUT2D eigenvalue weighted by Gasteiger charge is 2.29. The van der Waals surface area contributed by atoms with E-state index >= 15 is 0 Å². The smallest absolute Gasteiger partial charge is 0.329 e. The van der Waals surface area contributed by atoms with E-state index in [1.165, 1.54) is 4.90 Å². The van der Waals surface area contributed by atoms with E-state index < -0.39 is 23.5 Å². The Bertz CT molecular complexity index is 605. The Morgan fingerprint density at radius 3 is 2.52 bits per heavy atom. The molecule has 0 saturated carbocycles. The lowest BCUT2D eigenvalue weighted by Gasteiger charge is -2.30. The summed E-state index contributed by atoms with van der Waals surface area (Å²) in [5, 5.41) is 0. The predicted octanol–water partition coefficient (Wildman–Crippen LogP) is 3.38. The molecule has 1 rings (SSSR count). The van der Waals surface area contributed by atoms with Gasteiger partial charge in [0, 0.05) is 12.1 Å². The fraction of sp³-hybridized carbons (Fsp3) is 0.444. The fourth-order valence-electron chi connectivity index (χ4n) is 2.05. The van der Waals surface area contributed by atoms with Gasteiger partial charge in [-0.05, 0) is 46.3 Å². The maximum Gasteiger partial charge on any atom is 0.329 e. The number of esters is 1. The molecule has 1 amide bonds. The molecule has 0 aliphatic rings. The number of nitrogens with zero attached hydrogens (tertiary/aromatic N) is 1. The van der Waals surface area contributed by atoms with E-state index in [4.69, 9.17) is 4.74 Å². The molecule has 0 aliphatic heterocycles. The van der Waals surface area contributed by atoms with Crippen LogP contribution in [-0.4, -0.2) is 28.4 Å². The first-order valence-electron chi connectivity index (χ1n) is 7.46. The summed E-state index contributed by atoms with van der Waals surface area (Å²) in [7, 11) is 0. The standard InChI is InChI=1S/C18H24FNO3/c1-7-15(21)20(13(3)17(22)23-18(4,5)6)11-14-10-8-9-12(2)16(14)19/h7-10,13H,1,11H2,2-6H3/t13-/m0/s1. The van der Waals surface area contributed by atoms with Crippen molar-refractivity contribution in [1.29, 1.82) is 0 Å². The minimum Gasteiger partial charge on any atom is -0.458 e. The second-order valence-corrected chi connectivity index (χ2v) is 6.43. The summed E-state index contributed by atoms with van der Waals surface area (Å²) in [6.07, 6.45) is 1.11. The number of carbonyl (C=O) groups is 2. The van der Waals surface area contributed by atoms with Crippen molar-refractivity contribution in [2.75, 3.05) is 0 Å². The first-order chi connectivity index (χ1) is 10.6. The molecule has 0 N–H and O–H groups in total. The van der Waals surface area contributed by atoms with Gasteiger partial charge in [-0.1, -0.05) is 24.8 Å². The lowest BCUT2D eigenvalue weighted by Crippen LogP contribution is -2.44. The largest absolute Gasteiger partial charge is 0.458 e. The van der Waals surface area contributed by atoms with E-state index in [2.05, 4.69) is 6.58 Å². The molecule has 0 fully saturated rings. The molecule has 126 valence electrons. The van der Waals surface area contributed by atoms with Gasteiger partial charge in [-0.2, -0.15) is 0 Å². The van der Waals surface area contributed by atoms with Crippen molar-refractivity contribution < 1.29 is 18.7 Å². The Balaban J connectivity index is 3.05. The number of ether oxygens (including phenoxy) is 1. The number of benzene rings is 1. The molecule has 0 saturated heterocycles. The lowest BCUT2D eigenvalue weighted by molar-refractivity contribution is -0.163. The van der Waals surface area contributed by atoms with Crippen molar-refractivity contribution in [3.05, 3.63) is 47.8 Å². The molecule has 0 bridgehead atoms. The highest BCUT2D eigenvalue weighted by atomic mass is 19.1. The molecule has 0 heterocycles. The number of carbonyl (C=O) groups excluding carboxylic acids is 2. The van der Waals surface area contributed by atoms with Gasteiger partial charge in [-0.3, -0.25) is 4.79 Å². The van der Waals surface area contributed by atoms with Gasteiger partial charge in [0.1, 0.15) is 17.5 Å². The van der Waals surface area contributed by atoms with Crippen molar-refractivity contribution >= 4 is 11.9 Å². The van der Waals surface area contributed by atoms with Crippen LogP contribution < -0.4 is 0 Å². The zero-order valence-electron chi connectivity index (χ0n) is 14.4. The van der Waals surface area contributed by atoms with Crippen LogP contribution >= 0.6 is 0 Å². The minimum absolute atomic E-state index is 0.0290. The molecule has 0 aliphatic carbocycles. The highest BCUT2D eigenvalue weighted by Crippen LogP contribution is 2.18. The van der Waals surface area contributed by atoms with E-state index in [9.17, 15) is 14.0 Å². The van der Waals surface area contributed by atoms with Gasteiger partial charge in [-0.15, -0.1) is 0 Å². The van der Waals surface area contributed by atoms with Crippen molar-refractivity contribution in [1.82, 2.24) is 4.90 Å². The van der Waals surface area contributed by atoms with Crippen LogP contribution in [0.3, 0.4) is 0 Å². The van der Waals surface area contributed by atoms with Gasteiger partial charge < -0.3 is 9.64 Å². The second-order valence-electron chi connectivity index (χ2n) is 6.43. The van der Waals surface area contributed by atoms with Crippen molar-refractivity contribution in [3.63, 3.8) is 0 Å². The normalized spacial score (nSPS) is 12.4. The van der Waals surface area contributed by atoms with Gasteiger partial charge in [0.2, 0.25) is 5.91 Å². The van der Waals surface area contributed by atoms with E-state index in [1.807, 2.05) is 0 Å². The molecule has 0 radical (unpaired) electrons. The van der Waals surface area contributed by atoms with Crippen molar-refractivity contribution in [2.24, 2.45) is 0 Å². The lowest BCUT2D eigenvalue weighted by atomic mass is 10.1. The Hall–Kier alpha value is -2.17. The molecule has 4 nitrogen and oxygen atoms in total. The fourth-order valence-corrected chi connectivity index (χ4v) is 2.05. The zero-order valence-corrected chi connectivity index (χ0v) is 14.4. The van der Waals surface area contributed by atoms with Crippen molar-refractivity contribution in [3.8, 4) is 0 Å². The number of halogens is 1. The van der Waals surface area contributed by atoms with Gasteiger partial charge in [0.25, 0.3) is 0 Å². The van der Waals surface area contributed by atoms with Crippen LogP contribution in [-0.2, 0) is 20.9 Å². The van der Waals surface area contributed by atoms with Crippen LogP contribution in [0.4, 0.5) is 4.39 Å². The predicted molar refractivity (Wildman–Crippen MR) is 87.2 cm³/mol. The molecule has 1 aromatic rings. The van der Waals surface area contributed by atoms with E-state index in [1.54, 1.807) is 52.8 Å². The molecule has 5 heteroatoms. The van der Waals surface area contributed by atoms with Crippen LogP contribution in [0.15, 0.2) is 30.9 Å². The summed E-state index contributed by atoms with van der Waals surface area (Å²) in [6.45, 7) is 11.9. The van der Waals surface area contributed by atoms with E-state index in [0.717, 1.165) is 6.08 Å². The van der Waals surface area contributed by atoms with Crippen molar-refractivity contribution in [2.45, 2.75) is 52.8 Å². The Labute approximate surface area is 136 Å². The number of hydrogen-bond acceptors (Lipinski definition) is 3. The molecule has 23 heavy (non-hydrogen) atoms. The highest BCUT2D eigenvalue weighted by molar-refractivity contribution is 5.91. The van der Waals surface area contributed by atoms with Crippen LogP contribution in [0.2, 0.25) is 0 Å². The number of hydrogen-bond donors (Lipinski definition) is 0. The number of amides is 1. The van der Waals surface area contributed by atoms with Gasteiger partial charge in [0.05, 0.1) is 0 Å². The molecule has 0 unspecified atom stereocenters. The summed E-state index contributed by atoms with van der Waals surface area (Å²) < 4.78 is 19.5. The topological polar surface area (TPSA) is 46.6 Å². The molecule has 1 aromatic carbocycles. The van der Waals surface area contributed by atoms with Gasteiger partial charge >= 0.3 is 5.97 Å². The maximum atomic E-state index is 14.2. The Morgan fingerprint density at radius 2 is 2.00 bits per heavy atom. The summed E-state index contributed by atoms with van der Waals surface area (Å²) in [5.74, 6) is -1.38. The molecule has 1 atom stereocenters. The zero-order chi connectivity index (χ0) is 17.8. The first-order valence-corrected chi connectivity index (χ1v) is 7.46. The number of rotatable bonds is 5. The molecular formula is C18H24FNO3. The average Bonchev–Trinajstić information content (AvgIpc) is 2.45. The Morgan fingerprint density at radius 1 is 1.39 bits per heavy atom. The van der Waals surface area contributed by atoms with Gasteiger partial charge in [-0.25, -0.2) is 9.18 Å². The Kier molecular flexibility index (Phi) is 6.07. The molecule has 0 spiro atoms. The molecule has 0 aromatic heterocycles. The molecular weight excluding hydrogens is 297 g/mol. The average molecular weight is 321 g/mol. The van der Waals surface area contributed by atoms with Crippen LogP contribution in [0, 0.1) is 12.7 Å². The van der Waals surface area contributed by atoms with Gasteiger partial charge in [0.15, 0.2) is 0 Å². The minimum atomic E-state index is -0.848. The summed E-state index contributed by atoms with van der Waals surface area (Å²) >= 11 is 0. The SMILES string of the molecule is C=CC(=O)N(Cc1cccc(C)c1F)[C@@H](C)C(=O)OC(C)(C)C. The first kappa shape index (κ1) is 18.9. The summed E-state index contributed by atoms with van der Waals surface area (Å²) in [6, 6.07) is 4.10. The second kappa shape index (κ2) is 7.40. The van der Waals surface area contributed by atoms with Crippen LogP contribution in [0.5, 0.6) is 0 Å². The third-order valence-corrected chi connectivity index (χ3v) is 3.29. The van der Waals surface area contributed by atoms with Crippen LogP contribution in [0.25, 0.3) is 0 Å². The van der Waals surface area contributed by atoms with Crippen LogP contribution in [0.1, 0.15) is 38.8 Å². The third-order valence-electron chi connectivity index (χ3n) is 3.29. The summed E-state index contributed by atoms with van der Waals surface area (Å²) in [4.78, 5) is 25.6. The monoisotopic (exact) mass is 321 g/mol.